The van der Waals surface area contributed by atoms with Crippen molar-refractivity contribution in [2.45, 2.75) is 13.3 Å². The van der Waals surface area contributed by atoms with Crippen molar-refractivity contribution < 1.29 is 13.9 Å². The van der Waals surface area contributed by atoms with Crippen LogP contribution in [0, 0.1) is 18.7 Å². The van der Waals surface area contributed by atoms with Gasteiger partial charge in [0, 0.05) is 18.1 Å². The summed E-state index contributed by atoms with van der Waals surface area (Å²) in [5, 5.41) is 0. The molecule has 1 aliphatic heterocycles. The van der Waals surface area contributed by atoms with Gasteiger partial charge >= 0.3 is 0 Å². The van der Waals surface area contributed by atoms with E-state index < -0.39 is 0 Å². The van der Waals surface area contributed by atoms with Crippen molar-refractivity contribution in [2.24, 2.45) is 5.92 Å². The third-order valence-corrected chi connectivity index (χ3v) is 2.83. The monoisotopic (exact) mass is 208 g/mol. The van der Waals surface area contributed by atoms with Crippen LogP contribution in [0.5, 0.6) is 0 Å². The topological polar surface area (TPSA) is 26.3 Å². The highest BCUT2D eigenvalue weighted by atomic mass is 19.1. The van der Waals surface area contributed by atoms with Gasteiger partial charge in [0.25, 0.3) is 0 Å². The summed E-state index contributed by atoms with van der Waals surface area (Å²) < 4.78 is 18.4. The van der Waals surface area contributed by atoms with Gasteiger partial charge in [-0.1, -0.05) is 12.1 Å². The minimum atomic E-state index is -0.320. The maximum absolute atomic E-state index is 13.2. The lowest BCUT2D eigenvalue weighted by Gasteiger charge is -2.09. The Labute approximate surface area is 88.1 Å². The van der Waals surface area contributed by atoms with E-state index in [1.807, 2.05) is 0 Å². The fourth-order valence-electron chi connectivity index (χ4n) is 1.84. The number of ether oxygens (including phenoxy) is 1. The first-order chi connectivity index (χ1) is 7.20. The van der Waals surface area contributed by atoms with Crippen LogP contribution in [0.3, 0.4) is 0 Å². The van der Waals surface area contributed by atoms with Crippen LogP contribution in [-0.2, 0) is 4.74 Å². The SMILES string of the molecule is Cc1c(F)cccc1C(=O)C1CCOC1. The Kier molecular flexibility index (Phi) is 2.82. The third kappa shape index (κ3) is 1.92. The quantitative estimate of drug-likeness (QED) is 0.697. The number of hydrogen-bond donors (Lipinski definition) is 0. The first-order valence-corrected chi connectivity index (χ1v) is 5.07. The number of rotatable bonds is 2. The summed E-state index contributed by atoms with van der Waals surface area (Å²) in [6, 6.07) is 4.63. The van der Waals surface area contributed by atoms with Crippen LogP contribution < -0.4 is 0 Å². The predicted octanol–water partition coefficient (Wildman–Crippen LogP) is 2.35. The minimum absolute atomic E-state index is 0.00417. The van der Waals surface area contributed by atoms with Gasteiger partial charge in [-0.3, -0.25) is 4.79 Å². The van der Waals surface area contributed by atoms with Crippen molar-refractivity contribution in [2.75, 3.05) is 13.2 Å². The molecule has 0 radical (unpaired) electrons. The minimum Gasteiger partial charge on any atom is -0.381 e. The summed E-state index contributed by atoms with van der Waals surface area (Å²) in [7, 11) is 0. The van der Waals surface area contributed by atoms with E-state index in [0.29, 0.717) is 24.3 Å². The van der Waals surface area contributed by atoms with Crippen molar-refractivity contribution in [1.82, 2.24) is 0 Å². The molecule has 1 saturated heterocycles. The molecule has 0 aliphatic carbocycles. The largest absolute Gasteiger partial charge is 0.381 e. The number of carbonyl (C=O) groups excluding carboxylic acids is 1. The van der Waals surface area contributed by atoms with Gasteiger partial charge in [0.15, 0.2) is 5.78 Å². The van der Waals surface area contributed by atoms with Crippen LogP contribution >= 0.6 is 0 Å². The summed E-state index contributed by atoms with van der Waals surface area (Å²) in [5.74, 6) is -0.408. The zero-order chi connectivity index (χ0) is 10.8. The number of carbonyl (C=O) groups is 1. The number of ketones is 1. The van der Waals surface area contributed by atoms with E-state index in [2.05, 4.69) is 0 Å². The highest BCUT2D eigenvalue weighted by molar-refractivity contribution is 5.99. The average molecular weight is 208 g/mol. The Bertz CT molecular complexity index is 381. The molecule has 0 N–H and O–H groups in total. The molecule has 0 amide bonds. The first kappa shape index (κ1) is 10.3. The number of halogens is 1. The second-order valence-electron chi connectivity index (χ2n) is 3.84. The molecule has 1 aromatic rings. The zero-order valence-corrected chi connectivity index (χ0v) is 8.63. The van der Waals surface area contributed by atoms with Gasteiger partial charge in [-0.15, -0.1) is 0 Å². The maximum atomic E-state index is 13.2. The highest BCUT2D eigenvalue weighted by Crippen LogP contribution is 2.21. The Morgan fingerprint density at radius 3 is 3.00 bits per heavy atom. The number of Topliss-reactive ketones (excluding diaryl/α,β-unsaturated/α-hetero) is 1. The summed E-state index contributed by atoms with van der Waals surface area (Å²) in [6.07, 6.45) is 0.745. The normalized spacial score (nSPS) is 20.5. The fraction of sp³-hybridized carbons (Fsp3) is 0.417. The molecule has 1 heterocycles. The molecule has 2 nitrogen and oxygen atoms in total. The third-order valence-electron chi connectivity index (χ3n) is 2.83. The molecule has 1 unspecified atom stereocenters. The van der Waals surface area contributed by atoms with Crippen molar-refractivity contribution in [3.8, 4) is 0 Å². The van der Waals surface area contributed by atoms with E-state index >= 15 is 0 Å². The van der Waals surface area contributed by atoms with Gasteiger partial charge in [-0.05, 0) is 25.0 Å². The zero-order valence-electron chi connectivity index (χ0n) is 8.63. The molecule has 0 bridgehead atoms. The molecule has 15 heavy (non-hydrogen) atoms. The predicted molar refractivity (Wildman–Crippen MR) is 54.4 cm³/mol. The summed E-state index contributed by atoms with van der Waals surface area (Å²) >= 11 is 0. The molecule has 2 rings (SSSR count). The molecule has 1 fully saturated rings. The molecule has 1 atom stereocenters. The summed E-state index contributed by atoms with van der Waals surface area (Å²) in [5.41, 5.74) is 0.930. The van der Waals surface area contributed by atoms with Crippen LogP contribution in [0.25, 0.3) is 0 Å². The van der Waals surface area contributed by atoms with Gasteiger partial charge in [-0.25, -0.2) is 4.39 Å². The van der Waals surface area contributed by atoms with E-state index in [-0.39, 0.29) is 17.5 Å². The molecular weight excluding hydrogens is 195 g/mol. The van der Waals surface area contributed by atoms with Gasteiger partial charge in [0.05, 0.1) is 6.61 Å². The molecule has 0 saturated carbocycles. The molecule has 0 aromatic heterocycles. The maximum Gasteiger partial charge on any atom is 0.168 e. The van der Waals surface area contributed by atoms with Crippen LogP contribution in [0.4, 0.5) is 4.39 Å². The van der Waals surface area contributed by atoms with Gasteiger partial charge in [0.2, 0.25) is 0 Å². The van der Waals surface area contributed by atoms with Gasteiger partial charge in [0.1, 0.15) is 5.82 Å². The van der Waals surface area contributed by atoms with E-state index in [9.17, 15) is 9.18 Å². The van der Waals surface area contributed by atoms with Crippen LogP contribution in [0.15, 0.2) is 18.2 Å². The second-order valence-corrected chi connectivity index (χ2v) is 3.84. The Morgan fingerprint density at radius 2 is 2.33 bits per heavy atom. The number of benzene rings is 1. The second kappa shape index (κ2) is 4.11. The Morgan fingerprint density at radius 1 is 1.53 bits per heavy atom. The lowest BCUT2D eigenvalue weighted by atomic mass is 9.94. The Hall–Kier alpha value is -1.22. The highest BCUT2D eigenvalue weighted by Gasteiger charge is 2.26. The standard InChI is InChI=1S/C12H13FO2/c1-8-10(3-2-4-11(8)13)12(14)9-5-6-15-7-9/h2-4,9H,5-7H2,1H3. The molecule has 0 spiro atoms. The Balaban J connectivity index is 2.28. The fourth-order valence-corrected chi connectivity index (χ4v) is 1.84. The van der Waals surface area contributed by atoms with Crippen LogP contribution in [0.1, 0.15) is 22.3 Å². The van der Waals surface area contributed by atoms with E-state index in [1.54, 1.807) is 19.1 Å². The lowest BCUT2D eigenvalue weighted by molar-refractivity contribution is 0.0899. The van der Waals surface area contributed by atoms with E-state index in [1.165, 1.54) is 6.07 Å². The summed E-state index contributed by atoms with van der Waals surface area (Å²) in [6.45, 7) is 2.73. The molecule has 3 heteroatoms. The molecule has 1 aliphatic rings. The average Bonchev–Trinajstić information content (AvgIpc) is 2.74. The van der Waals surface area contributed by atoms with E-state index in [4.69, 9.17) is 4.74 Å². The van der Waals surface area contributed by atoms with Crippen LogP contribution in [0.2, 0.25) is 0 Å². The molecule has 80 valence electrons. The first-order valence-electron chi connectivity index (χ1n) is 5.07. The number of hydrogen-bond acceptors (Lipinski definition) is 2. The van der Waals surface area contributed by atoms with E-state index in [0.717, 1.165) is 6.42 Å². The summed E-state index contributed by atoms with van der Waals surface area (Å²) in [4.78, 5) is 12.0. The van der Waals surface area contributed by atoms with Crippen molar-refractivity contribution in [1.29, 1.82) is 0 Å². The van der Waals surface area contributed by atoms with Gasteiger partial charge < -0.3 is 4.74 Å². The van der Waals surface area contributed by atoms with Crippen LogP contribution in [-0.4, -0.2) is 19.0 Å². The van der Waals surface area contributed by atoms with Crippen molar-refractivity contribution >= 4 is 5.78 Å². The molecular formula is C12H13FO2. The van der Waals surface area contributed by atoms with Crippen molar-refractivity contribution in [3.63, 3.8) is 0 Å². The van der Waals surface area contributed by atoms with Crippen molar-refractivity contribution in [3.05, 3.63) is 35.1 Å². The lowest BCUT2D eigenvalue weighted by Crippen LogP contribution is -2.16. The van der Waals surface area contributed by atoms with Gasteiger partial charge in [-0.2, -0.15) is 0 Å². The molecule has 1 aromatic carbocycles. The smallest absolute Gasteiger partial charge is 0.168 e.